The van der Waals surface area contributed by atoms with E-state index in [0.717, 1.165) is 17.7 Å². The second-order valence-corrected chi connectivity index (χ2v) is 9.65. The molecule has 1 heterocycles. The van der Waals surface area contributed by atoms with Gasteiger partial charge in [-0.05, 0) is 54.4 Å². The van der Waals surface area contributed by atoms with Gasteiger partial charge in [0.1, 0.15) is 11.1 Å². The fourth-order valence-electron chi connectivity index (χ4n) is 3.53. The number of para-hydroxylation sites is 1. The molecule has 0 saturated heterocycles. The zero-order valence-corrected chi connectivity index (χ0v) is 19.5. The number of amides is 1. The second-order valence-electron chi connectivity index (χ2n) is 7.97. The number of esters is 1. The molecule has 1 aliphatic rings. The third kappa shape index (κ3) is 5.50. The molecule has 1 aliphatic heterocycles. The van der Waals surface area contributed by atoms with Crippen molar-refractivity contribution in [3.05, 3.63) is 89.0 Å². The van der Waals surface area contributed by atoms with Gasteiger partial charge in [0.05, 0.1) is 16.8 Å². The Morgan fingerprint density at radius 1 is 1.03 bits per heavy atom. The minimum atomic E-state index is -4.64. The molecule has 0 fully saturated rings. The Labute approximate surface area is 204 Å². The number of ether oxygens (including phenoxy) is 1. The van der Waals surface area contributed by atoms with Crippen LogP contribution in [0.5, 0.6) is 0 Å². The van der Waals surface area contributed by atoms with E-state index in [1.807, 2.05) is 19.1 Å². The molecule has 188 valence electrons. The van der Waals surface area contributed by atoms with E-state index in [4.69, 9.17) is 4.74 Å². The standard InChI is InChI=1S/C24H20F3N3O5S/c1-14-4-2-3-5-18(14)28-21(31)13-35-23(32)16-8-6-15(7-9-16)22-29-19-12-17(24(25,26)27)10-11-20(19)36(33,34)30-22/h2-12,22,29-30H,13H2,1H3,(H,28,31)/t22-/m1/s1. The predicted octanol–water partition coefficient (Wildman–Crippen LogP) is 4.21. The highest BCUT2D eigenvalue weighted by atomic mass is 32.2. The minimum absolute atomic E-state index is 0.0980. The zero-order chi connectivity index (χ0) is 26.1. The molecule has 0 saturated carbocycles. The molecule has 0 aliphatic carbocycles. The molecule has 3 aromatic rings. The lowest BCUT2D eigenvalue weighted by Gasteiger charge is -2.29. The Hall–Kier alpha value is -3.90. The third-order valence-corrected chi connectivity index (χ3v) is 6.88. The van der Waals surface area contributed by atoms with E-state index in [0.29, 0.717) is 17.3 Å². The number of alkyl halides is 3. The van der Waals surface area contributed by atoms with Crippen molar-refractivity contribution in [2.24, 2.45) is 0 Å². The number of hydrogen-bond donors (Lipinski definition) is 3. The molecule has 1 atom stereocenters. The van der Waals surface area contributed by atoms with E-state index in [1.165, 1.54) is 24.3 Å². The highest BCUT2D eigenvalue weighted by Crippen LogP contribution is 2.37. The summed E-state index contributed by atoms with van der Waals surface area (Å²) in [5.41, 5.74) is 0.688. The van der Waals surface area contributed by atoms with E-state index in [1.54, 1.807) is 12.1 Å². The fourth-order valence-corrected chi connectivity index (χ4v) is 4.82. The summed E-state index contributed by atoms with van der Waals surface area (Å²) in [6.07, 6.45) is -5.71. The van der Waals surface area contributed by atoms with Gasteiger partial charge in [-0.15, -0.1) is 0 Å². The second kappa shape index (κ2) is 9.63. The van der Waals surface area contributed by atoms with Gasteiger partial charge in [-0.2, -0.15) is 17.9 Å². The van der Waals surface area contributed by atoms with Crippen LogP contribution in [0.3, 0.4) is 0 Å². The van der Waals surface area contributed by atoms with E-state index >= 15 is 0 Å². The van der Waals surface area contributed by atoms with Crippen molar-refractivity contribution in [1.29, 1.82) is 0 Å². The first-order valence-corrected chi connectivity index (χ1v) is 12.0. The van der Waals surface area contributed by atoms with Crippen molar-refractivity contribution in [2.75, 3.05) is 17.2 Å². The van der Waals surface area contributed by atoms with Gasteiger partial charge in [0.2, 0.25) is 10.0 Å². The SMILES string of the molecule is Cc1ccccc1NC(=O)COC(=O)c1ccc([C@@H]2Nc3cc(C(F)(F)F)ccc3S(=O)(=O)N2)cc1. The molecule has 3 aromatic carbocycles. The van der Waals surface area contributed by atoms with Crippen molar-refractivity contribution >= 4 is 33.3 Å². The Kier molecular flexibility index (Phi) is 6.74. The van der Waals surface area contributed by atoms with Crippen LogP contribution in [0.4, 0.5) is 24.5 Å². The number of sulfonamides is 1. The first-order valence-electron chi connectivity index (χ1n) is 10.6. The lowest BCUT2D eigenvalue weighted by Crippen LogP contribution is -2.38. The topological polar surface area (TPSA) is 114 Å². The van der Waals surface area contributed by atoms with Gasteiger partial charge < -0.3 is 15.4 Å². The van der Waals surface area contributed by atoms with Crippen LogP contribution in [-0.4, -0.2) is 26.9 Å². The van der Waals surface area contributed by atoms with Gasteiger partial charge in [0.25, 0.3) is 5.91 Å². The van der Waals surface area contributed by atoms with E-state index in [9.17, 15) is 31.2 Å². The fraction of sp³-hybridized carbons (Fsp3) is 0.167. The van der Waals surface area contributed by atoms with Crippen LogP contribution in [-0.2, 0) is 25.7 Å². The molecule has 0 bridgehead atoms. The molecule has 12 heteroatoms. The van der Waals surface area contributed by atoms with Crippen molar-refractivity contribution < 1.29 is 35.9 Å². The van der Waals surface area contributed by atoms with Crippen LogP contribution in [0.25, 0.3) is 0 Å². The summed E-state index contributed by atoms with van der Waals surface area (Å²) in [5.74, 6) is -1.30. The monoisotopic (exact) mass is 519 g/mol. The highest BCUT2D eigenvalue weighted by Gasteiger charge is 2.35. The van der Waals surface area contributed by atoms with E-state index in [-0.39, 0.29) is 16.1 Å². The molecular formula is C24H20F3N3O5S. The molecule has 4 rings (SSSR count). The van der Waals surface area contributed by atoms with Crippen LogP contribution in [0.2, 0.25) is 0 Å². The number of carbonyl (C=O) groups excluding carboxylic acids is 2. The molecule has 0 unspecified atom stereocenters. The number of aryl methyl sites for hydroxylation is 1. The average molecular weight is 520 g/mol. The highest BCUT2D eigenvalue weighted by molar-refractivity contribution is 7.89. The summed E-state index contributed by atoms with van der Waals surface area (Å²) in [7, 11) is -4.09. The first kappa shape index (κ1) is 25.2. The average Bonchev–Trinajstić information content (AvgIpc) is 2.83. The quantitative estimate of drug-likeness (QED) is 0.435. The smallest absolute Gasteiger partial charge is 0.416 e. The molecule has 1 amide bonds. The normalized spacial score (nSPS) is 16.4. The predicted molar refractivity (Wildman–Crippen MR) is 125 cm³/mol. The number of nitrogens with one attached hydrogen (secondary N) is 3. The van der Waals surface area contributed by atoms with Crippen LogP contribution in [0.15, 0.2) is 71.6 Å². The molecule has 36 heavy (non-hydrogen) atoms. The van der Waals surface area contributed by atoms with Gasteiger partial charge in [-0.25, -0.2) is 13.2 Å². The Bertz CT molecular complexity index is 1420. The van der Waals surface area contributed by atoms with Gasteiger partial charge >= 0.3 is 12.1 Å². The number of carbonyl (C=O) groups is 2. The van der Waals surface area contributed by atoms with Crippen molar-refractivity contribution in [1.82, 2.24) is 4.72 Å². The maximum atomic E-state index is 13.1. The summed E-state index contributed by atoms with van der Waals surface area (Å²) in [5, 5.41) is 5.38. The summed E-state index contributed by atoms with van der Waals surface area (Å²) in [6, 6.07) is 15.0. The van der Waals surface area contributed by atoms with Crippen LogP contribution in [0.1, 0.15) is 33.2 Å². The number of anilines is 2. The number of benzene rings is 3. The Morgan fingerprint density at radius 2 is 1.72 bits per heavy atom. The first-order chi connectivity index (χ1) is 16.9. The number of halogens is 3. The van der Waals surface area contributed by atoms with Crippen LogP contribution in [0, 0.1) is 6.92 Å². The lowest BCUT2D eigenvalue weighted by molar-refractivity contribution is -0.137. The lowest BCUT2D eigenvalue weighted by atomic mass is 10.1. The van der Waals surface area contributed by atoms with Crippen LogP contribution < -0.4 is 15.4 Å². The number of hydrogen-bond acceptors (Lipinski definition) is 6. The molecular weight excluding hydrogens is 499 g/mol. The van der Waals surface area contributed by atoms with E-state index < -0.39 is 46.4 Å². The van der Waals surface area contributed by atoms with Gasteiger partial charge in [-0.3, -0.25) is 4.79 Å². The molecule has 0 aromatic heterocycles. The summed E-state index contributed by atoms with van der Waals surface area (Å²) in [4.78, 5) is 24.1. The maximum Gasteiger partial charge on any atom is 0.416 e. The van der Waals surface area contributed by atoms with Crippen molar-refractivity contribution in [3.8, 4) is 0 Å². The minimum Gasteiger partial charge on any atom is -0.452 e. The Morgan fingerprint density at radius 3 is 2.39 bits per heavy atom. The van der Waals surface area contributed by atoms with Gasteiger partial charge in [-0.1, -0.05) is 30.3 Å². The van der Waals surface area contributed by atoms with Crippen LogP contribution >= 0.6 is 0 Å². The summed E-state index contributed by atoms with van der Waals surface area (Å²) >= 11 is 0. The zero-order valence-electron chi connectivity index (χ0n) is 18.7. The van der Waals surface area contributed by atoms with Gasteiger partial charge in [0.15, 0.2) is 6.61 Å². The Balaban J connectivity index is 1.43. The largest absolute Gasteiger partial charge is 0.452 e. The molecule has 0 radical (unpaired) electrons. The summed E-state index contributed by atoms with van der Waals surface area (Å²) < 4.78 is 71.7. The third-order valence-electron chi connectivity index (χ3n) is 5.40. The van der Waals surface area contributed by atoms with E-state index in [2.05, 4.69) is 15.4 Å². The maximum absolute atomic E-state index is 13.1. The summed E-state index contributed by atoms with van der Waals surface area (Å²) in [6.45, 7) is 1.30. The van der Waals surface area contributed by atoms with Crippen molar-refractivity contribution in [2.45, 2.75) is 24.2 Å². The molecule has 8 nitrogen and oxygen atoms in total. The number of fused-ring (bicyclic) bond motifs is 1. The van der Waals surface area contributed by atoms with Crippen molar-refractivity contribution in [3.63, 3.8) is 0 Å². The molecule has 3 N–H and O–H groups in total. The number of rotatable bonds is 5. The van der Waals surface area contributed by atoms with Gasteiger partial charge in [0, 0.05) is 5.69 Å². The molecule has 0 spiro atoms.